The van der Waals surface area contributed by atoms with Gasteiger partial charge >= 0.3 is 0 Å². The summed E-state index contributed by atoms with van der Waals surface area (Å²) in [6.07, 6.45) is 1.25. The van der Waals surface area contributed by atoms with E-state index in [1.165, 1.54) is 5.69 Å². The van der Waals surface area contributed by atoms with Gasteiger partial charge in [-0.3, -0.25) is 0 Å². The van der Waals surface area contributed by atoms with Crippen LogP contribution in [0.1, 0.15) is 34.1 Å². The number of hydrogen-bond acceptors (Lipinski definition) is 3. The molecule has 1 aliphatic heterocycles. The molecule has 0 amide bonds. The standard InChI is InChI=1S/C16H25NO2/c1-12(2)19-15-7-5-14(6-8-15)17-10-9-13(11-18)16(17,3)4/h5-8,12-13,18H,9-11H2,1-4H3. The number of nitrogens with zero attached hydrogens (tertiary/aromatic N) is 1. The molecule has 0 aromatic heterocycles. The first-order valence-corrected chi connectivity index (χ1v) is 7.10. The summed E-state index contributed by atoms with van der Waals surface area (Å²) in [5, 5.41) is 9.46. The van der Waals surface area contributed by atoms with Crippen LogP contribution in [0, 0.1) is 5.92 Å². The fourth-order valence-electron chi connectivity index (χ4n) is 2.90. The Morgan fingerprint density at radius 1 is 1.32 bits per heavy atom. The highest BCUT2D eigenvalue weighted by Crippen LogP contribution is 2.38. The smallest absolute Gasteiger partial charge is 0.119 e. The zero-order valence-electron chi connectivity index (χ0n) is 12.4. The van der Waals surface area contributed by atoms with E-state index in [9.17, 15) is 5.11 Å². The fourth-order valence-corrected chi connectivity index (χ4v) is 2.90. The Morgan fingerprint density at radius 2 is 1.95 bits per heavy atom. The first-order chi connectivity index (χ1) is 8.95. The highest BCUT2D eigenvalue weighted by Gasteiger charge is 2.40. The second kappa shape index (κ2) is 5.41. The van der Waals surface area contributed by atoms with Crippen LogP contribution in [0.4, 0.5) is 5.69 Å². The Hall–Kier alpha value is -1.22. The molecule has 1 aromatic rings. The third-order valence-electron chi connectivity index (χ3n) is 4.14. The molecule has 0 bridgehead atoms. The summed E-state index contributed by atoms with van der Waals surface area (Å²) in [7, 11) is 0. The van der Waals surface area contributed by atoms with E-state index >= 15 is 0 Å². The lowest BCUT2D eigenvalue weighted by Gasteiger charge is -2.37. The zero-order chi connectivity index (χ0) is 14.0. The van der Waals surface area contributed by atoms with E-state index in [0.717, 1.165) is 18.7 Å². The maximum absolute atomic E-state index is 9.46. The van der Waals surface area contributed by atoms with Crippen molar-refractivity contribution >= 4 is 5.69 Å². The fraction of sp³-hybridized carbons (Fsp3) is 0.625. The lowest BCUT2D eigenvalue weighted by atomic mass is 9.89. The van der Waals surface area contributed by atoms with Gasteiger partial charge in [0.15, 0.2) is 0 Å². The predicted octanol–water partition coefficient (Wildman–Crippen LogP) is 3.07. The highest BCUT2D eigenvalue weighted by atomic mass is 16.5. The van der Waals surface area contributed by atoms with Crippen LogP contribution in [0.25, 0.3) is 0 Å². The Balaban J connectivity index is 2.14. The van der Waals surface area contributed by atoms with Crippen molar-refractivity contribution in [2.24, 2.45) is 5.92 Å². The van der Waals surface area contributed by atoms with Gasteiger partial charge in [0.25, 0.3) is 0 Å². The summed E-state index contributed by atoms with van der Waals surface area (Å²) in [6, 6.07) is 8.27. The van der Waals surface area contributed by atoms with Crippen molar-refractivity contribution in [1.82, 2.24) is 0 Å². The van der Waals surface area contributed by atoms with Gasteiger partial charge in [0.2, 0.25) is 0 Å². The molecule has 1 unspecified atom stereocenters. The van der Waals surface area contributed by atoms with Gasteiger partial charge in [-0.25, -0.2) is 0 Å². The molecule has 0 radical (unpaired) electrons. The Labute approximate surface area is 116 Å². The monoisotopic (exact) mass is 263 g/mol. The maximum Gasteiger partial charge on any atom is 0.119 e. The molecule has 0 spiro atoms. The topological polar surface area (TPSA) is 32.7 Å². The number of anilines is 1. The van der Waals surface area contributed by atoms with Gasteiger partial charge in [-0.15, -0.1) is 0 Å². The van der Waals surface area contributed by atoms with Crippen LogP contribution >= 0.6 is 0 Å². The summed E-state index contributed by atoms with van der Waals surface area (Å²) in [5.41, 5.74) is 1.21. The van der Waals surface area contributed by atoms with E-state index in [0.29, 0.717) is 5.92 Å². The summed E-state index contributed by atoms with van der Waals surface area (Å²) in [4.78, 5) is 2.38. The van der Waals surface area contributed by atoms with Crippen molar-refractivity contribution < 1.29 is 9.84 Å². The van der Waals surface area contributed by atoms with Gasteiger partial charge in [-0.1, -0.05) is 0 Å². The largest absolute Gasteiger partial charge is 0.491 e. The molecule has 0 saturated carbocycles. The molecule has 1 aliphatic rings. The van der Waals surface area contributed by atoms with Crippen LogP contribution in [-0.4, -0.2) is 29.9 Å². The quantitative estimate of drug-likeness (QED) is 0.906. The number of benzene rings is 1. The van der Waals surface area contributed by atoms with E-state index in [1.54, 1.807) is 0 Å². The minimum Gasteiger partial charge on any atom is -0.491 e. The number of hydrogen-bond donors (Lipinski definition) is 1. The molecular formula is C16H25NO2. The van der Waals surface area contributed by atoms with E-state index in [-0.39, 0.29) is 18.2 Å². The molecule has 2 rings (SSSR count). The van der Waals surface area contributed by atoms with Gasteiger partial charge in [-0.05, 0) is 58.4 Å². The minimum absolute atomic E-state index is 0.00910. The van der Waals surface area contributed by atoms with Crippen LogP contribution < -0.4 is 9.64 Å². The molecule has 1 atom stereocenters. The Morgan fingerprint density at radius 3 is 2.42 bits per heavy atom. The molecule has 3 heteroatoms. The molecule has 0 aliphatic carbocycles. The SMILES string of the molecule is CC(C)Oc1ccc(N2CCC(CO)C2(C)C)cc1. The first-order valence-electron chi connectivity index (χ1n) is 7.10. The van der Waals surface area contributed by atoms with Crippen molar-refractivity contribution in [3.8, 4) is 5.75 Å². The lowest BCUT2D eigenvalue weighted by Crippen LogP contribution is -2.43. The molecule has 1 heterocycles. The molecule has 1 aromatic carbocycles. The Bertz CT molecular complexity index is 411. The number of aliphatic hydroxyl groups is 1. The van der Waals surface area contributed by atoms with Crippen molar-refractivity contribution in [2.75, 3.05) is 18.1 Å². The van der Waals surface area contributed by atoms with E-state index in [4.69, 9.17) is 4.74 Å². The predicted molar refractivity (Wildman–Crippen MR) is 78.8 cm³/mol. The van der Waals surface area contributed by atoms with Gasteiger partial charge in [-0.2, -0.15) is 0 Å². The average molecular weight is 263 g/mol. The van der Waals surface area contributed by atoms with E-state index < -0.39 is 0 Å². The van der Waals surface area contributed by atoms with Gasteiger partial charge in [0.05, 0.1) is 6.10 Å². The van der Waals surface area contributed by atoms with Crippen molar-refractivity contribution in [3.05, 3.63) is 24.3 Å². The normalized spacial score (nSPS) is 22.0. The van der Waals surface area contributed by atoms with Crippen LogP contribution in [-0.2, 0) is 0 Å². The molecule has 1 saturated heterocycles. The van der Waals surface area contributed by atoms with E-state index in [2.05, 4.69) is 30.9 Å². The minimum atomic E-state index is 0.00910. The summed E-state index contributed by atoms with van der Waals surface area (Å²) in [6.45, 7) is 9.74. The highest BCUT2D eigenvalue weighted by molar-refractivity contribution is 5.52. The molecule has 106 valence electrons. The van der Waals surface area contributed by atoms with Gasteiger partial charge in [0, 0.05) is 30.3 Å². The second-order valence-corrected chi connectivity index (χ2v) is 6.13. The zero-order valence-corrected chi connectivity index (χ0v) is 12.4. The van der Waals surface area contributed by atoms with Crippen molar-refractivity contribution in [3.63, 3.8) is 0 Å². The van der Waals surface area contributed by atoms with Gasteiger partial charge < -0.3 is 14.7 Å². The molecule has 3 nitrogen and oxygen atoms in total. The molecule has 1 N–H and O–H groups in total. The average Bonchev–Trinajstić information content (AvgIpc) is 2.64. The van der Waals surface area contributed by atoms with Crippen LogP contribution in [0.5, 0.6) is 5.75 Å². The third kappa shape index (κ3) is 2.86. The van der Waals surface area contributed by atoms with Crippen LogP contribution in [0.3, 0.4) is 0 Å². The van der Waals surface area contributed by atoms with Crippen LogP contribution in [0.15, 0.2) is 24.3 Å². The first kappa shape index (κ1) is 14.2. The summed E-state index contributed by atoms with van der Waals surface area (Å²) in [5.74, 6) is 1.26. The second-order valence-electron chi connectivity index (χ2n) is 6.13. The summed E-state index contributed by atoms with van der Waals surface area (Å²) >= 11 is 0. The summed E-state index contributed by atoms with van der Waals surface area (Å²) < 4.78 is 5.67. The number of aliphatic hydroxyl groups excluding tert-OH is 1. The number of rotatable bonds is 4. The molecular weight excluding hydrogens is 238 g/mol. The number of ether oxygens (including phenoxy) is 1. The van der Waals surface area contributed by atoms with Crippen molar-refractivity contribution in [2.45, 2.75) is 45.8 Å². The maximum atomic E-state index is 9.46. The van der Waals surface area contributed by atoms with Gasteiger partial charge in [0.1, 0.15) is 5.75 Å². The van der Waals surface area contributed by atoms with Crippen molar-refractivity contribution in [1.29, 1.82) is 0 Å². The third-order valence-corrected chi connectivity index (χ3v) is 4.14. The molecule has 19 heavy (non-hydrogen) atoms. The Kier molecular flexibility index (Phi) is 4.04. The molecule has 1 fully saturated rings. The lowest BCUT2D eigenvalue weighted by molar-refractivity contribution is 0.189. The van der Waals surface area contributed by atoms with Crippen LogP contribution in [0.2, 0.25) is 0 Å². The van der Waals surface area contributed by atoms with E-state index in [1.807, 2.05) is 26.0 Å².